The first-order chi connectivity index (χ1) is 12.7. The molecule has 2 rings (SSSR count). The number of carbonyl (C=O) groups is 1. The van der Waals surface area contributed by atoms with Gasteiger partial charge in [0, 0.05) is 5.56 Å². The molecular weight excluding hydrogens is 505 g/mol. The molecule has 16 heteroatoms. The molecule has 0 amide bonds. The fraction of sp³-hybridized carbons (Fsp3) is 0. The van der Waals surface area contributed by atoms with Gasteiger partial charge in [-0.25, -0.2) is 25.3 Å². The molecule has 2 aromatic rings. The second-order valence-electron chi connectivity index (χ2n) is 5.28. The molecule has 2 aromatic carbocycles. The molecule has 0 aliphatic heterocycles. The van der Waals surface area contributed by atoms with Gasteiger partial charge < -0.3 is 13.7 Å². The molecule has 0 saturated carbocycles. The molecule has 0 atom stereocenters. The van der Waals surface area contributed by atoms with E-state index >= 15 is 0 Å². The number of benzene rings is 2. The summed E-state index contributed by atoms with van der Waals surface area (Å²) in [4.78, 5) is 9.58. The van der Waals surface area contributed by atoms with Crippen molar-refractivity contribution in [3.05, 3.63) is 59.7 Å². The van der Waals surface area contributed by atoms with Crippen molar-refractivity contribution in [3.8, 4) is 0 Å². The molecule has 0 aliphatic carbocycles. The number of carbonyl (C=O) groups excluding carboxylic acids is 1. The summed E-state index contributed by atoms with van der Waals surface area (Å²) < 4.78 is 99.5. The monoisotopic (exact) mass is 514 g/mol. The standard InChI is InChI=1S/C15H12O10S3.3Na/c16-14(10-1-5-12(6-2-10)26(17,18)19)8-4-11-3-7-13(27(20,21)22)9-15(11)28(23,24)25;;;/h1-9H,(H,17,18,19)(H,20,21,22)(H,23,24,25);;;/q;3*+1/p-3/b8-4+;;;. The van der Waals surface area contributed by atoms with E-state index in [1.807, 2.05) is 0 Å². The molecule has 150 valence electrons. The SMILES string of the molecule is O=C(/C=C/c1ccc(S(=O)(=O)[O-])cc1S(=O)(=O)[O-])c1ccc(S(=O)(=O)[O-])cc1.[Na+].[Na+].[Na+]. The van der Waals surface area contributed by atoms with Crippen LogP contribution in [-0.2, 0) is 30.4 Å². The van der Waals surface area contributed by atoms with E-state index in [1.165, 1.54) is 0 Å². The van der Waals surface area contributed by atoms with E-state index in [0.717, 1.165) is 48.6 Å². The first-order valence-corrected chi connectivity index (χ1v) is 11.3. The van der Waals surface area contributed by atoms with Crippen molar-refractivity contribution in [3.63, 3.8) is 0 Å². The van der Waals surface area contributed by atoms with Gasteiger partial charge in [0.25, 0.3) is 0 Å². The molecule has 0 aromatic heterocycles. The van der Waals surface area contributed by atoms with Gasteiger partial charge in [0.1, 0.15) is 30.4 Å². The van der Waals surface area contributed by atoms with Crippen LogP contribution in [0.2, 0.25) is 0 Å². The minimum atomic E-state index is -5.17. The molecule has 0 N–H and O–H groups in total. The molecular formula is C15H9Na3O10S3. The predicted octanol–water partition coefficient (Wildman–Crippen LogP) is -8.69. The third-order valence-electron chi connectivity index (χ3n) is 3.38. The van der Waals surface area contributed by atoms with E-state index in [9.17, 15) is 43.7 Å². The largest absolute Gasteiger partial charge is 1.00 e. The Bertz CT molecular complexity index is 1280. The maximum atomic E-state index is 12.1. The van der Waals surface area contributed by atoms with Crippen LogP contribution < -0.4 is 88.7 Å². The summed E-state index contributed by atoms with van der Waals surface area (Å²) in [6.07, 6.45) is 1.75. The average molecular weight is 514 g/mol. The van der Waals surface area contributed by atoms with Crippen LogP contribution in [0.15, 0.2) is 63.2 Å². The topological polar surface area (TPSA) is 189 Å². The summed E-state index contributed by atoms with van der Waals surface area (Å²) in [5, 5.41) is 0. The summed E-state index contributed by atoms with van der Waals surface area (Å²) in [5.74, 6) is -0.732. The zero-order chi connectivity index (χ0) is 21.3. The average Bonchev–Trinajstić information content (AvgIpc) is 2.57. The smallest absolute Gasteiger partial charge is 0.744 e. The van der Waals surface area contributed by atoms with Crippen molar-refractivity contribution in [1.29, 1.82) is 0 Å². The summed E-state index contributed by atoms with van der Waals surface area (Å²) in [6, 6.07) is 5.95. The van der Waals surface area contributed by atoms with E-state index in [-0.39, 0.29) is 99.8 Å². The van der Waals surface area contributed by atoms with E-state index in [4.69, 9.17) is 0 Å². The molecule has 0 unspecified atom stereocenters. The Morgan fingerprint density at radius 2 is 1.13 bits per heavy atom. The minimum absolute atomic E-state index is 0. The van der Waals surface area contributed by atoms with Crippen LogP contribution in [0, 0.1) is 0 Å². The maximum Gasteiger partial charge on any atom is 1.00 e. The zero-order valence-electron chi connectivity index (χ0n) is 16.5. The Balaban J connectivity index is 0. The van der Waals surface area contributed by atoms with Crippen LogP contribution in [0.1, 0.15) is 15.9 Å². The molecule has 10 nitrogen and oxygen atoms in total. The van der Waals surface area contributed by atoms with E-state index in [0.29, 0.717) is 6.07 Å². The van der Waals surface area contributed by atoms with Crippen LogP contribution in [0.3, 0.4) is 0 Å². The van der Waals surface area contributed by atoms with Crippen molar-refractivity contribution < 1.29 is 132 Å². The maximum absolute atomic E-state index is 12.1. The van der Waals surface area contributed by atoms with Crippen molar-refractivity contribution in [2.75, 3.05) is 0 Å². The fourth-order valence-electron chi connectivity index (χ4n) is 2.07. The number of ketones is 1. The van der Waals surface area contributed by atoms with E-state index < -0.39 is 50.8 Å². The van der Waals surface area contributed by atoms with Gasteiger partial charge >= 0.3 is 88.7 Å². The van der Waals surface area contributed by atoms with E-state index in [2.05, 4.69) is 0 Å². The van der Waals surface area contributed by atoms with Gasteiger partial charge in [-0.05, 0) is 54.1 Å². The number of hydrogen-bond acceptors (Lipinski definition) is 10. The van der Waals surface area contributed by atoms with Gasteiger partial charge in [0.2, 0.25) is 0 Å². The van der Waals surface area contributed by atoms with Crippen LogP contribution in [0.25, 0.3) is 6.08 Å². The quantitative estimate of drug-likeness (QED) is 0.155. The van der Waals surface area contributed by atoms with Crippen molar-refractivity contribution in [2.45, 2.75) is 14.7 Å². The minimum Gasteiger partial charge on any atom is -0.744 e. The van der Waals surface area contributed by atoms with Crippen LogP contribution in [-0.4, -0.2) is 44.7 Å². The van der Waals surface area contributed by atoms with Crippen molar-refractivity contribution in [2.24, 2.45) is 0 Å². The summed E-state index contributed by atoms with van der Waals surface area (Å²) >= 11 is 0. The van der Waals surface area contributed by atoms with Crippen LogP contribution in [0.5, 0.6) is 0 Å². The molecule has 0 bridgehead atoms. The Kier molecular flexibility index (Phi) is 14.0. The number of allylic oxidation sites excluding steroid dienone is 1. The fourth-order valence-corrected chi connectivity index (χ4v) is 3.81. The van der Waals surface area contributed by atoms with Crippen molar-refractivity contribution in [1.82, 2.24) is 0 Å². The first kappa shape index (κ1) is 33.8. The normalized spacial score (nSPS) is 11.7. The number of hydrogen-bond donors (Lipinski definition) is 0. The summed E-state index contributed by atoms with van der Waals surface area (Å²) in [5.41, 5.74) is -0.386. The Hall–Kier alpha value is 0.580. The van der Waals surface area contributed by atoms with Gasteiger partial charge in [0.15, 0.2) is 5.78 Å². The molecule has 0 fully saturated rings. The zero-order valence-corrected chi connectivity index (χ0v) is 25.0. The summed E-state index contributed by atoms with van der Waals surface area (Å²) in [7, 11) is -14.9. The Labute approximate surface area is 245 Å². The molecule has 0 aliphatic rings. The molecule has 0 heterocycles. The van der Waals surface area contributed by atoms with Crippen LogP contribution in [0.4, 0.5) is 0 Å². The van der Waals surface area contributed by atoms with Crippen LogP contribution >= 0.6 is 0 Å². The third-order valence-corrected chi connectivity index (χ3v) is 5.96. The first-order valence-electron chi connectivity index (χ1n) is 7.04. The second-order valence-corrected chi connectivity index (χ2v) is 9.39. The predicted molar refractivity (Wildman–Crippen MR) is 90.1 cm³/mol. The Morgan fingerprint density at radius 3 is 1.55 bits per heavy atom. The van der Waals surface area contributed by atoms with E-state index in [1.54, 1.807) is 0 Å². The molecule has 0 spiro atoms. The van der Waals surface area contributed by atoms with Gasteiger partial charge in [-0.2, -0.15) is 0 Å². The van der Waals surface area contributed by atoms with Gasteiger partial charge in [-0.1, -0.05) is 6.07 Å². The van der Waals surface area contributed by atoms with Crippen molar-refractivity contribution >= 4 is 42.2 Å². The van der Waals surface area contributed by atoms with Gasteiger partial charge in [0.05, 0.1) is 14.7 Å². The molecule has 0 radical (unpaired) electrons. The molecule has 0 saturated heterocycles. The summed E-state index contributed by atoms with van der Waals surface area (Å²) in [6.45, 7) is 0. The van der Waals surface area contributed by atoms with Gasteiger partial charge in [-0.3, -0.25) is 4.79 Å². The third kappa shape index (κ3) is 9.76. The van der Waals surface area contributed by atoms with Gasteiger partial charge in [-0.15, -0.1) is 0 Å². The Morgan fingerprint density at radius 1 is 0.677 bits per heavy atom. The second kappa shape index (κ2) is 12.9. The number of rotatable bonds is 6. The molecule has 31 heavy (non-hydrogen) atoms.